The van der Waals surface area contributed by atoms with E-state index in [9.17, 15) is 0 Å². The Morgan fingerprint density at radius 1 is 1.38 bits per heavy atom. The van der Waals surface area contributed by atoms with E-state index in [2.05, 4.69) is 47.5 Å². The molecule has 0 aliphatic carbocycles. The van der Waals surface area contributed by atoms with Crippen LogP contribution in [-0.4, -0.2) is 33.3 Å². The summed E-state index contributed by atoms with van der Waals surface area (Å²) >= 11 is 1.67. The third-order valence-electron chi connectivity index (χ3n) is 3.23. The molecule has 116 valence electrons. The Labute approximate surface area is 130 Å². The Hall–Kier alpha value is -1.24. The zero-order valence-electron chi connectivity index (χ0n) is 13.2. The van der Waals surface area contributed by atoms with Crippen LogP contribution in [0, 0.1) is 0 Å². The molecule has 0 bridgehead atoms. The first-order chi connectivity index (χ1) is 10.1. The second-order valence-corrected chi connectivity index (χ2v) is 6.04. The van der Waals surface area contributed by atoms with Crippen LogP contribution in [0.3, 0.4) is 0 Å². The van der Waals surface area contributed by atoms with E-state index in [0.29, 0.717) is 0 Å². The molecular formula is C15H24N4OS. The van der Waals surface area contributed by atoms with Crippen LogP contribution in [0.5, 0.6) is 0 Å². The molecule has 0 unspecified atom stereocenters. The molecule has 0 saturated carbocycles. The molecule has 5 nitrogen and oxygen atoms in total. The van der Waals surface area contributed by atoms with Gasteiger partial charge in [0.1, 0.15) is 11.1 Å². The predicted molar refractivity (Wildman–Crippen MR) is 85.2 cm³/mol. The fraction of sp³-hybridized carbons (Fsp3) is 0.600. The van der Waals surface area contributed by atoms with Crippen LogP contribution in [0.15, 0.2) is 17.8 Å². The zero-order valence-corrected chi connectivity index (χ0v) is 14.1. The first-order valence-corrected chi connectivity index (χ1v) is 8.26. The lowest BCUT2D eigenvalue weighted by molar-refractivity contribution is 0.0760. The number of rotatable bonds is 8. The lowest BCUT2D eigenvalue weighted by Crippen LogP contribution is -2.17. The number of aryl methyl sites for hydroxylation is 1. The molecule has 2 aromatic rings. The zero-order chi connectivity index (χ0) is 15.2. The van der Waals surface area contributed by atoms with Gasteiger partial charge >= 0.3 is 0 Å². The smallest absolute Gasteiger partial charge is 0.122 e. The van der Waals surface area contributed by atoms with Crippen LogP contribution in [0.25, 0.3) is 0 Å². The molecule has 0 spiro atoms. The molecule has 1 atom stereocenters. The molecule has 0 saturated heterocycles. The molecule has 0 fully saturated rings. The molecular weight excluding hydrogens is 284 g/mol. The van der Waals surface area contributed by atoms with Crippen molar-refractivity contribution in [3.63, 3.8) is 0 Å². The van der Waals surface area contributed by atoms with Gasteiger partial charge in [0.25, 0.3) is 0 Å². The fourth-order valence-electron chi connectivity index (χ4n) is 2.21. The SMILES string of the molecule is CCO[C@H](C)c1nc(CN(C)Cc2cnn(CC)c2)cs1. The van der Waals surface area contributed by atoms with Crippen molar-refractivity contribution in [1.82, 2.24) is 19.7 Å². The van der Waals surface area contributed by atoms with Crippen molar-refractivity contribution in [2.45, 2.75) is 46.5 Å². The highest BCUT2D eigenvalue weighted by Gasteiger charge is 2.12. The van der Waals surface area contributed by atoms with Crippen molar-refractivity contribution in [2.24, 2.45) is 0 Å². The maximum atomic E-state index is 5.58. The molecule has 2 aromatic heterocycles. The summed E-state index contributed by atoms with van der Waals surface area (Å²) in [5.74, 6) is 0. The van der Waals surface area contributed by atoms with Crippen LogP contribution in [0.1, 0.15) is 43.1 Å². The maximum Gasteiger partial charge on any atom is 0.122 e. The van der Waals surface area contributed by atoms with E-state index in [1.54, 1.807) is 11.3 Å². The summed E-state index contributed by atoms with van der Waals surface area (Å²) < 4.78 is 7.53. The van der Waals surface area contributed by atoms with Gasteiger partial charge in [0.05, 0.1) is 11.9 Å². The molecule has 2 rings (SSSR count). The molecule has 2 heterocycles. The number of thiazole rings is 1. The molecule has 0 amide bonds. The minimum absolute atomic E-state index is 0.0850. The summed E-state index contributed by atoms with van der Waals surface area (Å²) in [7, 11) is 2.11. The van der Waals surface area contributed by atoms with Crippen molar-refractivity contribution in [1.29, 1.82) is 0 Å². The number of aromatic nitrogens is 3. The summed E-state index contributed by atoms with van der Waals surface area (Å²) in [4.78, 5) is 6.91. The van der Waals surface area contributed by atoms with Crippen LogP contribution >= 0.6 is 11.3 Å². The van der Waals surface area contributed by atoms with Gasteiger partial charge in [0, 0.05) is 43.4 Å². The van der Waals surface area contributed by atoms with Gasteiger partial charge in [-0.2, -0.15) is 5.10 Å². The van der Waals surface area contributed by atoms with E-state index in [0.717, 1.165) is 36.9 Å². The lowest BCUT2D eigenvalue weighted by Gasteiger charge is -2.14. The van der Waals surface area contributed by atoms with Gasteiger partial charge in [-0.15, -0.1) is 11.3 Å². The highest BCUT2D eigenvalue weighted by atomic mass is 32.1. The lowest BCUT2D eigenvalue weighted by atomic mass is 10.3. The van der Waals surface area contributed by atoms with Crippen LogP contribution in [-0.2, 0) is 24.4 Å². The van der Waals surface area contributed by atoms with Crippen molar-refractivity contribution in [3.8, 4) is 0 Å². The Kier molecular flexibility index (Phi) is 5.90. The van der Waals surface area contributed by atoms with Crippen molar-refractivity contribution in [2.75, 3.05) is 13.7 Å². The summed E-state index contributed by atoms with van der Waals surface area (Å²) in [6.45, 7) is 9.51. The second-order valence-electron chi connectivity index (χ2n) is 5.15. The van der Waals surface area contributed by atoms with Crippen molar-refractivity contribution >= 4 is 11.3 Å². The van der Waals surface area contributed by atoms with Gasteiger partial charge < -0.3 is 4.74 Å². The number of hydrogen-bond donors (Lipinski definition) is 0. The number of nitrogens with zero attached hydrogens (tertiary/aromatic N) is 4. The van der Waals surface area contributed by atoms with Gasteiger partial charge in [-0.1, -0.05) is 0 Å². The first-order valence-electron chi connectivity index (χ1n) is 7.38. The summed E-state index contributed by atoms with van der Waals surface area (Å²) in [6.07, 6.45) is 4.12. The third-order valence-corrected chi connectivity index (χ3v) is 4.28. The van der Waals surface area contributed by atoms with Crippen LogP contribution in [0.4, 0.5) is 0 Å². The first kappa shape index (κ1) is 16.1. The second kappa shape index (κ2) is 7.68. The Bertz CT molecular complexity index is 551. The van der Waals surface area contributed by atoms with Gasteiger partial charge in [-0.05, 0) is 27.8 Å². The third kappa shape index (κ3) is 4.62. The van der Waals surface area contributed by atoms with Gasteiger partial charge in [-0.25, -0.2) is 4.98 Å². The quantitative estimate of drug-likeness (QED) is 0.751. The monoisotopic (exact) mass is 308 g/mol. The molecule has 0 aliphatic heterocycles. The van der Waals surface area contributed by atoms with E-state index in [-0.39, 0.29) is 6.10 Å². The van der Waals surface area contributed by atoms with E-state index in [1.807, 2.05) is 17.8 Å². The average Bonchev–Trinajstić information content (AvgIpc) is 3.08. The minimum atomic E-state index is 0.0850. The topological polar surface area (TPSA) is 43.2 Å². The number of ether oxygens (including phenoxy) is 1. The summed E-state index contributed by atoms with van der Waals surface area (Å²) in [6, 6.07) is 0. The van der Waals surface area contributed by atoms with E-state index >= 15 is 0 Å². The average molecular weight is 308 g/mol. The Balaban J connectivity index is 1.88. The minimum Gasteiger partial charge on any atom is -0.372 e. The van der Waals surface area contributed by atoms with Gasteiger partial charge in [-0.3, -0.25) is 9.58 Å². The molecule has 0 aromatic carbocycles. The summed E-state index contributed by atoms with van der Waals surface area (Å²) in [5.41, 5.74) is 2.34. The number of hydrogen-bond acceptors (Lipinski definition) is 5. The van der Waals surface area contributed by atoms with Crippen molar-refractivity contribution in [3.05, 3.63) is 34.0 Å². The molecule has 0 N–H and O–H groups in total. The van der Waals surface area contributed by atoms with Gasteiger partial charge in [0.15, 0.2) is 0 Å². The maximum absolute atomic E-state index is 5.58. The Morgan fingerprint density at radius 2 is 2.19 bits per heavy atom. The Morgan fingerprint density at radius 3 is 2.86 bits per heavy atom. The predicted octanol–water partition coefficient (Wildman–Crippen LogP) is 3.09. The van der Waals surface area contributed by atoms with E-state index in [1.165, 1.54) is 5.56 Å². The highest BCUT2D eigenvalue weighted by molar-refractivity contribution is 7.09. The molecule has 0 aliphatic rings. The highest BCUT2D eigenvalue weighted by Crippen LogP contribution is 2.21. The molecule has 6 heteroatoms. The summed E-state index contributed by atoms with van der Waals surface area (Å²) in [5, 5.41) is 7.48. The largest absolute Gasteiger partial charge is 0.372 e. The van der Waals surface area contributed by atoms with E-state index in [4.69, 9.17) is 4.74 Å². The van der Waals surface area contributed by atoms with Crippen molar-refractivity contribution < 1.29 is 4.74 Å². The van der Waals surface area contributed by atoms with E-state index < -0.39 is 0 Å². The fourth-order valence-corrected chi connectivity index (χ4v) is 3.02. The normalized spacial score (nSPS) is 13.0. The molecule has 21 heavy (non-hydrogen) atoms. The van der Waals surface area contributed by atoms with Gasteiger partial charge in [0.2, 0.25) is 0 Å². The molecule has 0 radical (unpaired) electrons. The van der Waals surface area contributed by atoms with Crippen LogP contribution < -0.4 is 0 Å². The van der Waals surface area contributed by atoms with Crippen LogP contribution in [0.2, 0.25) is 0 Å². The standard InChI is InChI=1S/C15H24N4OS/c1-5-19-9-13(7-16-19)8-18(4)10-14-11-21-15(17-14)12(3)20-6-2/h7,9,11-12H,5-6,8,10H2,1-4H3/t12-/m1/s1.